The molecule has 174 valence electrons. The Bertz CT molecular complexity index is 869. The van der Waals surface area contributed by atoms with E-state index in [9.17, 15) is 9.59 Å². The van der Waals surface area contributed by atoms with Gasteiger partial charge in [-0.2, -0.15) is 0 Å². The lowest BCUT2D eigenvalue weighted by Crippen LogP contribution is -2.50. The van der Waals surface area contributed by atoms with Crippen LogP contribution < -0.4 is 14.8 Å². The summed E-state index contributed by atoms with van der Waals surface area (Å²) in [5, 5.41) is 3.00. The number of aryl methyl sites for hydroxylation is 1. The Labute approximate surface area is 191 Å². The number of hydrogen-bond acceptors (Lipinski definition) is 4. The largest absolute Gasteiger partial charge is 0.493 e. The lowest BCUT2D eigenvalue weighted by atomic mass is 10.1. The van der Waals surface area contributed by atoms with Crippen LogP contribution >= 0.6 is 0 Å². The summed E-state index contributed by atoms with van der Waals surface area (Å²) in [7, 11) is 3.19. The topological polar surface area (TPSA) is 67.9 Å². The molecular formula is C26H36N2O4. The fraction of sp³-hybridized carbons (Fsp3) is 0.462. The Hall–Kier alpha value is -3.02. The van der Waals surface area contributed by atoms with E-state index in [0.717, 1.165) is 17.5 Å². The van der Waals surface area contributed by atoms with Crippen LogP contribution in [0.4, 0.5) is 0 Å². The van der Waals surface area contributed by atoms with Gasteiger partial charge in [0.1, 0.15) is 6.04 Å². The highest BCUT2D eigenvalue weighted by Gasteiger charge is 2.26. The lowest BCUT2D eigenvalue weighted by molar-refractivity contribution is -0.140. The molecular weight excluding hydrogens is 404 g/mol. The second kappa shape index (κ2) is 12.7. The molecule has 6 heteroatoms. The molecule has 0 saturated carbocycles. The van der Waals surface area contributed by atoms with E-state index in [1.807, 2.05) is 62.4 Å². The summed E-state index contributed by atoms with van der Waals surface area (Å²) in [6.07, 6.45) is 2.41. The van der Waals surface area contributed by atoms with E-state index >= 15 is 0 Å². The van der Waals surface area contributed by atoms with Crippen molar-refractivity contribution in [3.63, 3.8) is 0 Å². The van der Waals surface area contributed by atoms with E-state index in [1.54, 1.807) is 26.0 Å². The maximum absolute atomic E-state index is 13.2. The first-order valence-corrected chi connectivity index (χ1v) is 11.2. The molecule has 2 atom stereocenters. The van der Waals surface area contributed by atoms with Gasteiger partial charge >= 0.3 is 0 Å². The van der Waals surface area contributed by atoms with Crippen LogP contribution in [0.3, 0.4) is 0 Å². The number of benzene rings is 2. The second-order valence-corrected chi connectivity index (χ2v) is 8.01. The van der Waals surface area contributed by atoms with E-state index < -0.39 is 6.04 Å². The minimum Gasteiger partial charge on any atom is -0.493 e. The van der Waals surface area contributed by atoms with Crippen molar-refractivity contribution >= 4 is 11.8 Å². The zero-order chi connectivity index (χ0) is 23.5. The Morgan fingerprint density at radius 3 is 2.25 bits per heavy atom. The molecule has 0 unspecified atom stereocenters. The first-order valence-electron chi connectivity index (χ1n) is 11.2. The van der Waals surface area contributed by atoms with E-state index in [0.29, 0.717) is 37.3 Å². The van der Waals surface area contributed by atoms with Crippen molar-refractivity contribution in [3.8, 4) is 11.5 Å². The molecule has 0 saturated heterocycles. The standard InChI is InChI=1S/C26H36N2O4/c1-6-19(2)27-26(30)20(3)28(17-16-21-10-8-7-9-11-21)25(29)15-13-22-12-14-23(31-4)24(18-22)32-5/h7-12,14,18-20H,6,13,15-17H2,1-5H3,(H,27,30)/t19-,20+/m1/s1. The summed E-state index contributed by atoms with van der Waals surface area (Å²) in [6.45, 7) is 6.29. The van der Waals surface area contributed by atoms with Gasteiger partial charge in [0, 0.05) is 19.0 Å². The second-order valence-electron chi connectivity index (χ2n) is 8.01. The molecule has 1 N–H and O–H groups in total. The Morgan fingerprint density at radius 1 is 0.938 bits per heavy atom. The van der Waals surface area contributed by atoms with Crippen LogP contribution in [-0.2, 0) is 22.4 Å². The molecule has 0 aromatic heterocycles. The number of nitrogens with one attached hydrogen (secondary N) is 1. The number of nitrogens with zero attached hydrogens (tertiary/aromatic N) is 1. The van der Waals surface area contributed by atoms with Crippen LogP contribution in [0.15, 0.2) is 48.5 Å². The van der Waals surface area contributed by atoms with E-state index in [1.165, 1.54) is 0 Å². The monoisotopic (exact) mass is 440 g/mol. The summed E-state index contributed by atoms with van der Waals surface area (Å²) in [5.41, 5.74) is 2.12. The smallest absolute Gasteiger partial charge is 0.242 e. The summed E-state index contributed by atoms with van der Waals surface area (Å²) in [5.74, 6) is 1.14. The van der Waals surface area contributed by atoms with Gasteiger partial charge in [-0.15, -0.1) is 0 Å². The van der Waals surface area contributed by atoms with Crippen molar-refractivity contribution in [2.75, 3.05) is 20.8 Å². The van der Waals surface area contributed by atoms with Gasteiger partial charge in [0.15, 0.2) is 11.5 Å². The summed E-state index contributed by atoms with van der Waals surface area (Å²) < 4.78 is 10.6. The van der Waals surface area contributed by atoms with Crippen LogP contribution in [0.1, 0.15) is 44.7 Å². The maximum atomic E-state index is 13.2. The summed E-state index contributed by atoms with van der Waals surface area (Å²) >= 11 is 0. The first kappa shape index (κ1) is 25.2. The average Bonchev–Trinajstić information content (AvgIpc) is 2.82. The SMILES string of the molecule is CC[C@@H](C)NC(=O)[C@H](C)N(CCc1ccccc1)C(=O)CCc1ccc(OC)c(OC)c1. The van der Waals surface area contributed by atoms with Crippen LogP contribution in [0.25, 0.3) is 0 Å². The van der Waals surface area contributed by atoms with E-state index in [2.05, 4.69) is 5.32 Å². The van der Waals surface area contributed by atoms with Crippen molar-refractivity contribution in [1.82, 2.24) is 10.2 Å². The predicted molar refractivity (Wildman–Crippen MR) is 127 cm³/mol. The third-order valence-corrected chi connectivity index (χ3v) is 5.73. The quantitative estimate of drug-likeness (QED) is 0.542. The van der Waals surface area contributed by atoms with Gasteiger partial charge in [0.2, 0.25) is 11.8 Å². The minimum atomic E-state index is -0.536. The van der Waals surface area contributed by atoms with Gasteiger partial charge in [-0.1, -0.05) is 43.3 Å². The Morgan fingerprint density at radius 2 is 1.62 bits per heavy atom. The fourth-order valence-corrected chi connectivity index (χ4v) is 3.47. The molecule has 0 bridgehead atoms. The lowest BCUT2D eigenvalue weighted by Gasteiger charge is -2.29. The number of carbonyl (C=O) groups is 2. The highest BCUT2D eigenvalue weighted by atomic mass is 16.5. The number of hydrogen-bond donors (Lipinski definition) is 1. The Balaban J connectivity index is 2.10. The van der Waals surface area contributed by atoms with Crippen molar-refractivity contribution in [2.45, 2.75) is 58.5 Å². The molecule has 0 fully saturated rings. The maximum Gasteiger partial charge on any atom is 0.242 e. The normalized spacial score (nSPS) is 12.5. The van der Waals surface area contributed by atoms with Crippen molar-refractivity contribution in [2.24, 2.45) is 0 Å². The summed E-state index contributed by atoms with van der Waals surface area (Å²) in [6, 6.07) is 15.2. The highest BCUT2D eigenvalue weighted by molar-refractivity contribution is 5.87. The molecule has 2 aromatic rings. The number of amides is 2. The predicted octanol–water partition coefficient (Wildman–Crippen LogP) is 4.01. The van der Waals surface area contributed by atoms with Gasteiger partial charge in [-0.05, 0) is 56.4 Å². The number of rotatable bonds is 12. The van der Waals surface area contributed by atoms with Gasteiger partial charge in [0.25, 0.3) is 0 Å². The first-order chi connectivity index (χ1) is 15.4. The number of ether oxygens (including phenoxy) is 2. The van der Waals surface area contributed by atoms with Crippen LogP contribution in [0, 0.1) is 0 Å². The molecule has 0 spiro atoms. The highest BCUT2D eigenvalue weighted by Crippen LogP contribution is 2.28. The van der Waals surface area contributed by atoms with Crippen molar-refractivity contribution in [3.05, 3.63) is 59.7 Å². The minimum absolute atomic E-state index is 0.0393. The van der Waals surface area contributed by atoms with Gasteiger partial charge in [-0.3, -0.25) is 9.59 Å². The van der Waals surface area contributed by atoms with Crippen molar-refractivity contribution < 1.29 is 19.1 Å². The zero-order valence-electron chi connectivity index (χ0n) is 19.9. The molecule has 0 heterocycles. The van der Waals surface area contributed by atoms with Gasteiger partial charge in [-0.25, -0.2) is 0 Å². The van der Waals surface area contributed by atoms with Crippen molar-refractivity contribution in [1.29, 1.82) is 0 Å². The molecule has 2 amide bonds. The van der Waals surface area contributed by atoms with Crippen LogP contribution in [-0.4, -0.2) is 49.6 Å². The van der Waals surface area contributed by atoms with E-state index in [4.69, 9.17) is 9.47 Å². The molecule has 0 aliphatic heterocycles. The molecule has 2 rings (SSSR count). The molecule has 0 aliphatic rings. The zero-order valence-corrected chi connectivity index (χ0v) is 19.9. The number of methoxy groups -OCH3 is 2. The van der Waals surface area contributed by atoms with Gasteiger partial charge < -0.3 is 19.7 Å². The molecule has 6 nitrogen and oxygen atoms in total. The fourth-order valence-electron chi connectivity index (χ4n) is 3.47. The molecule has 32 heavy (non-hydrogen) atoms. The molecule has 0 radical (unpaired) electrons. The van der Waals surface area contributed by atoms with Crippen LogP contribution in [0.2, 0.25) is 0 Å². The Kier molecular flexibility index (Phi) is 10.1. The molecule has 2 aromatic carbocycles. The number of carbonyl (C=O) groups excluding carboxylic acids is 2. The molecule has 0 aliphatic carbocycles. The summed E-state index contributed by atoms with van der Waals surface area (Å²) in [4.78, 5) is 27.7. The third kappa shape index (κ3) is 7.29. The van der Waals surface area contributed by atoms with Crippen LogP contribution in [0.5, 0.6) is 11.5 Å². The third-order valence-electron chi connectivity index (χ3n) is 5.73. The van der Waals surface area contributed by atoms with Gasteiger partial charge in [0.05, 0.1) is 14.2 Å². The average molecular weight is 441 g/mol. The van der Waals surface area contributed by atoms with E-state index in [-0.39, 0.29) is 17.9 Å².